The summed E-state index contributed by atoms with van der Waals surface area (Å²) in [5.41, 5.74) is 2.90. The highest BCUT2D eigenvalue weighted by molar-refractivity contribution is 7.20. The van der Waals surface area contributed by atoms with E-state index in [-0.39, 0.29) is 17.7 Å². The van der Waals surface area contributed by atoms with Crippen LogP contribution < -0.4 is 10.6 Å². The third kappa shape index (κ3) is 4.42. The Labute approximate surface area is 157 Å². The van der Waals surface area contributed by atoms with Crippen LogP contribution in [0.25, 0.3) is 10.6 Å². The summed E-state index contributed by atoms with van der Waals surface area (Å²) in [5.74, 6) is -0.168. The second-order valence-corrected chi connectivity index (χ2v) is 7.30. The monoisotopic (exact) mass is 390 g/mol. The molecule has 3 aromatic rings. The minimum atomic E-state index is -0.168. The number of thiazole rings is 2. The van der Waals surface area contributed by atoms with Gasteiger partial charge in [0.1, 0.15) is 0 Å². The molecular weight excluding hydrogens is 374 g/mol. The van der Waals surface area contributed by atoms with Gasteiger partial charge in [0.25, 0.3) is 0 Å². The highest BCUT2D eigenvalue weighted by Crippen LogP contribution is 2.35. The second kappa shape index (κ2) is 7.89. The van der Waals surface area contributed by atoms with Gasteiger partial charge < -0.3 is 21.0 Å². The summed E-state index contributed by atoms with van der Waals surface area (Å²) in [7, 11) is 0. The molecule has 0 saturated carbocycles. The highest BCUT2D eigenvalue weighted by atomic mass is 32.1. The molecular formula is C16H16N5O3S2-. The van der Waals surface area contributed by atoms with E-state index < -0.39 is 0 Å². The van der Waals surface area contributed by atoms with Crippen LogP contribution in [0.5, 0.6) is 0 Å². The maximum atomic E-state index is 11.2. The summed E-state index contributed by atoms with van der Waals surface area (Å²) < 4.78 is 0. The summed E-state index contributed by atoms with van der Waals surface area (Å²) in [6.45, 7) is 3.16. The number of carbonyl (C=O) groups excluding carboxylic acids is 1. The molecule has 0 radical (unpaired) electrons. The van der Waals surface area contributed by atoms with E-state index in [2.05, 4.69) is 20.6 Å². The summed E-state index contributed by atoms with van der Waals surface area (Å²) in [4.78, 5) is 20.9. The molecule has 0 atom stereocenters. The van der Waals surface area contributed by atoms with Crippen LogP contribution in [0.3, 0.4) is 0 Å². The molecule has 3 N–H and O–H groups in total. The number of benzene rings is 1. The van der Waals surface area contributed by atoms with Crippen molar-refractivity contribution in [3.8, 4) is 10.6 Å². The predicted octanol–water partition coefficient (Wildman–Crippen LogP) is 3.97. The van der Waals surface area contributed by atoms with E-state index >= 15 is 0 Å². The Kier molecular flexibility index (Phi) is 5.59. The molecule has 0 aliphatic carbocycles. The van der Waals surface area contributed by atoms with Crippen molar-refractivity contribution in [2.45, 2.75) is 20.4 Å². The Morgan fingerprint density at radius 3 is 2.81 bits per heavy atom. The van der Waals surface area contributed by atoms with Crippen molar-refractivity contribution in [2.75, 3.05) is 10.6 Å². The van der Waals surface area contributed by atoms with Crippen molar-refractivity contribution < 1.29 is 10.0 Å². The molecule has 1 aromatic carbocycles. The number of amides is 1. The molecule has 10 heteroatoms. The van der Waals surface area contributed by atoms with Crippen LogP contribution in [0.1, 0.15) is 18.2 Å². The van der Waals surface area contributed by atoms with Crippen LogP contribution >= 0.6 is 22.7 Å². The second-order valence-electron chi connectivity index (χ2n) is 5.45. The van der Waals surface area contributed by atoms with Crippen LogP contribution in [-0.4, -0.2) is 26.3 Å². The number of anilines is 3. The fraction of sp³-hybridized carbons (Fsp3) is 0.188. The number of nitrogens with zero attached hydrogens (tertiary/aromatic N) is 3. The van der Waals surface area contributed by atoms with Crippen molar-refractivity contribution in [3.05, 3.63) is 46.1 Å². The zero-order chi connectivity index (χ0) is 18.7. The molecule has 3 rings (SSSR count). The molecule has 26 heavy (non-hydrogen) atoms. The van der Waals surface area contributed by atoms with Gasteiger partial charge in [0.2, 0.25) is 5.91 Å². The van der Waals surface area contributed by atoms with E-state index in [1.165, 1.54) is 29.6 Å². The SMILES string of the molecule is CC(=O)Nc1nc(C)c(-c2csc(Nc3ccccc3CN([O-])O)n2)s1. The third-order valence-corrected chi connectivity index (χ3v) is 5.23. The van der Waals surface area contributed by atoms with Crippen LogP contribution in [0.2, 0.25) is 0 Å². The summed E-state index contributed by atoms with van der Waals surface area (Å²) in [5, 5.41) is 28.7. The minimum absolute atomic E-state index is 0.113. The number of hydrogen-bond acceptors (Lipinski definition) is 9. The fourth-order valence-electron chi connectivity index (χ4n) is 2.31. The quantitative estimate of drug-likeness (QED) is 0.546. The van der Waals surface area contributed by atoms with Gasteiger partial charge in [0, 0.05) is 24.5 Å². The lowest BCUT2D eigenvalue weighted by Gasteiger charge is -2.21. The van der Waals surface area contributed by atoms with Gasteiger partial charge in [-0.2, -0.15) is 0 Å². The zero-order valence-electron chi connectivity index (χ0n) is 14.0. The number of nitrogens with one attached hydrogen (secondary N) is 2. The molecule has 136 valence electrons. The highest BCUT2D eigenvalue weighted by Gasteiger charge is 2.14. The van der Waals surface area contributed by atoms with Crippen LogP contribution in [0.15, 0.2) is 29.6 Å². The Morgan fingerprint density at radius 1 is 1.31 bits per heavy atom. The summed E-state index contributed by atoms with van der Waals surface area (Å²) >= 11 is 2.78. The first-order valence-corrected chi connectivity index (χ1v) is 9.31. The van der Waals surface area contributed by atoms with Gasteiger partial charge in [-0.05, 0) is 18.6 Å². The van der Waals surface area contributed by atoms with Crippen molar-refractivity contribution in [2.24, 2.45) is 0 Å². The van der Waals surface area contributed by atoms with E-state index in [4.69, 9.17) is 5.21 Å². The standard InChI is InChI=1S/C16H16N5O3S2/c1-9-14(26-16(17-9)18-10(2)22)13-8-25-15(20-13)19-12-6-4-3-5-11(12)7-21(23)24/h3-6,8,23H,7H2,1-2H3,(H,19,20)(H,17,18,22)/q-1. The first-order valence-electron chi connectivity index (χ1n) is 7.62. The maximum absolute atomic E-state index is 11.2. The van der Waals surface area contributed by atoms with Gasteiger partial charge in [-0.1, -0.05) is 29.5 Å². The number of carbonyl (C=O) groups is 1. The van der Waals surface area contributed by atoms with Gasteiger partial charge in [-0.15, -0.1) is 11.3 Å². The Hall–Kier alpha value is -2.37. The lowest BCUT2D eigenvalue weighted by atomic mass is 10.2. The van der Waals surface area contributed by atoms with Crippen LogP contribution in [0, 0.1) is 12.1 Å². The molecule has 0 aliphatic rings. The fourth-order valence-corrected chi connectivity index (χ4v) is 4.08. The molecule has 0 bridgehead atoms. The summed E-state index contributed by atoms with van der Waals surface area (Å²) in [6, 6.07) is 7.19. The molecule has 0 fully saturated rings. The third-order valence-electron chi connectivity index (χ3n) is 3.38. The normalized spacial score (nSPS) is 11.0. The van der Waals surface area contributed by atoms with Crippen molar-refractivity contribution in [3.63, 3.8) is 0 Å². The Bertz CT molecular complexity index is 922. The Balaban J connectivity index is 1.81. The number of rotatable bonds is 6. The molecule has 2 heterocycles. The van der Waals surface area contributed by atoms with Crippen molar-refractivity contribution in [1.82, 2.24) is 15.2 Å². The number of aryl methyl sites for hydroxylation is 1. The van der Waals surface area contributed by atoms with Gasteiger partial charge in [0.15, 0.2) is 10.3 Å². The molecule has 0 aliphatic heterocycles. The lowest BCUT2D eigenvalue weighted by Crippen LogP contribution is -2.10. The lowest BCUT2D eigenvalue weighted by molar-refractivity contribution is -0.114. The molecule has 2 aromatic heterocycles. The first-order chi connectivity index (χ1) is 12.4. The van der Waals surface area contributed by atoms with E-state index in [1.54, 1.807) is 12.1 Å². The minimum Gasteiger partial charge on any atom is -0.762 e. The van der Waals surface area contributed by atoms with Crippen LogP contribution in [0.4, 0.5) is 16.0 Å². The number of para-hydroxylation sites is 1. The average molecular weight is 390 g/mol. The largest absolute Gasteiger partial charge is 0.762 e. The molecule has 8 nitrogen and oxygen atoms in total. The summed E-state index contributed by atoms with van der Waals surface area (Å²) in [6.07, 6.45) is 0. The molecule has 1 amide bonds. The van der Waals surface area contributed by atoms with Gasteiger partial charge in [-0.25, -0.2) is 9.97 Å². The van der Waals surface area contributed by atoms with E-state index in [0.717, 1.165) is 16.3 Å². The van der Waals surface area contributed by atoms with E-state index in [1.807, 2.05) is 24.4 Å². The maximum Gasteiger partial charge on any atom is 0.223 e. The Morgan fingerprint density at radius 2 is 2.08 bits per heavy atom. The van der Waals surface area contributed by atoms with Crippen LogP contribution in [-0.2, 0) is 11.3 Å². The van der Waals surface area contributed by atoms with Gasteiger partial charge >= 0.3 is 0 Å². The molecule has 0 saturated heterocycles. The van der Waals surface area contributed by atoms with Crippen molar-refractivity contribution in [1.29, 1.82) is 0 Å². The molecule has 0 spiro atoms. The van der Waals surface area contributed by atoms with E-state index in [9.17, 15) is 10.0 Å². The van der Waals surface area contributed by atoms with Crippen molar-refractivity contribution >= 4 is 44.5 Å². The van der Waals surface area contributed by atoms with Gasteiger partial charge in [0.05, 0.1) is 16.3 Å². The number of hydrogen-bond donors (Lipinski definition) is 3. The smallest absolute Gasteiger partial charge is 0.223 e. The van der Waals surface area contributed by atoms with Gasteiger partial charge in [-0.3, -0.25) is 10.0 Å². The first kappa shape index (κ1) is 18.4. The topological polar surface area (TPSA) is 113 Å². The average Bonchev–Trinajstić information content (AvgIpc) is 3.14. The van der Waals surface area contributed by atoms with E-state index in [0.29, 0.717) is 21.5 Å². The zero-order valence-corrected chi connectivity index (χ0v) is 15.6. The number of hydroxylamine groups is 2. The number of aromatic nitrogens is 2. The molecule has 0 unspecified atom stereocenters. The predicted molar refractivity (Wildman–Crippen MR) is 103 cm³/mol.